The first-order valence-electron chi connectivity index (χ1n) is 4.24. The molecule has 0 aliphatic rings. The number of rotatable bonds is 3. The van der Waals surface area contributed by atoms with Crippen LogP contribution in [0.2, 0.25) is 5.02 Å². The third kappa shape index (κ3) is 11.3. The van der Waals surface area contributed by atoms with Gasteiger partial charge in [0.1, 0.15) is 12.4 Å². The van der Waals surface area contributed by atoms with Crippen LogP contribution < -0.4 is 4.74 Å². The maximum atomic E-state index is 9.19. The monoisotopic (exact) mass is 268 g/mol. The first-order valence-corrected chi connectivity index (χ1v) is 6.47. The maximum Gasteiger partial charge on any atom is 0.261 e. The fourth-order valence-corrected chi connectivity index (χ4v) is 0.820. The molecule has 0 aliphatic carbocycles. The van der Waals surface area contributed by atoms with E-state index in [4.69, 9.17) is 26.0 Å². The minimum Gasteiger partial charge on any atom is -0.491 e. The largest absolute Gasteiger partial charge is 0.491 e. The minimum atomic E-state index is -3.67. The Balaban J connectivity index is 0.000000385. The van der Waals surface area contributed by atoms with E-state index >= 15 is 0 Å². The van der Waals surface area contributed by atoms with Crippen LogP contribution in [0.25, 0.3) is 0 Å². The molecule has 0 aliphatic heterocycles. The van der Waals surface area contributed by atoms with Gasteiger partial charge in [-0.25, -0.2) is 0 Å². The molecule has 0 bridgehead atoms. The van der Waals surface area contributed by atoms with Crippen LogP contribution in [0.3, 0.4) is 0 Å². The van der Waals surface area contributed by atoms with Gasteiger partial charge >= 0.3 is 0 Å². The summed E-state index contributed by atoms with van der Waals surface area (Å²) in [4.78, 5) is 0. The van der Waals surface area contributed by atoms with Gasteiger partial charge in [-0.1, -0.05) is 11.6 Å². The number of hydrogen-bond acceptors (Lipinski definition) is 4. The summed E-state index contributed by atoms with van der Waals surface area (Å²) in [6.45, 7) is 0.351. The zero-order valence-corrected chi connectivity index (χ0v) is 10.2. The number of halogens is 1. The number of aliphatic hydroxyl groups is 1. The zero-order valence-electron chi connectivity index (χ0n) is 8.63. The van der Waals surface area contributed by atoms with E-state index in [0.29, 0.717) is 17.9 Å². The first kappa shape index (κ1) is 15.2. The van der Waals surface area contributed by atoms with Gasteiger partial charge in [0.05, 0.1) is 12.9 Å². The van der Waals surface area contributed by atoms with Gasteiger partial charge in [0.2, 0.25) is 0 Å². The van der Waals surface area contributed by atoms with Gasteiger partial charge < -0.3 is 9.84 Å². The lowest BCUT2D eigenvalue weighted by Gasteiger charge is -2.02. The summed E-state index contributed by atoms with van der Waals surface area (Å²) in [6.07, 6.45) is 0.715. The highest BCUT2D eigenvalue weighted by Crippen LogP contribution is 2.14. The molecule has 0 aromatic heterocycles. The predicted octanol–water partition coefficient (Wildman–Crippen LogP) is 1.22. The highest BCUT2D eigenvalue weighted by atomic mass is 35.5. The quantitative estimate of drug-likeness (QED) is 0.805. The van der Waals surface area contributed by atoms with E-state index in [1.165, 1.54) is 0 Å². The fourth-order valence-electron chi connectivity index (χ4n) is 0.694. The summed E-state index contributed by atoms with van der Waals surface area (Å²) < 4.78 is 31.0. The molecule has 0 amide bonds. The van der Waals surface area contributed by atoms with E-state index in [-0.39, 0.29) is 6.61 Å². The summed E-state index contributed by atoms with van der Waals surface area (Å²) in [6, 6.07) is 7.01. The lowest BCUT2D eigenvalue weighted by atomic mass is 10.3. The third-order valence-corrected chi connectivity index (χ3v) is 1.43. The van der Waals surface area contributed by atoms with Crippen LogP contribution in [0.5, 0.6) is 5.75 Å². The molecule has 5 nitrogen and oxygen atoms in total. The molecule has 1 aromatic carbocycles. The molecule has 0 heterocycles. The molecule has 1 rings (SSSR count). The number of aliphatic hydroxyl groups excluding tert-OH is 1. The Morgan fingerprint density at radius 2 is 1.75 bits per heavy atom. The van der Waals surface area contributed by atoms with Crippen LogP contribution in [0, 0.1) is 0 Å². The zero-order chi connectivity index (χ0) is 12.6. The number of ether oxygens (including phenoxy) is 1. The van der Waals surface area contributed by atoms with Crippen molar-refractivity contribution in [3.05, 3.63) is 29.3 Å². The Hall–Kier alpha value is -0.820. The van der Waals surface area contributed by atoms with Crippen molar-refractivity contribution < 1.29 is 22.8 Å². The molecule has 0 fully saturated rings. The van der Waals surface area contributed by atoms with Gasteiger partial charge in [0, 0.05) is 5.02 Å². The van der Waals surface area contributed by atoms with Crippen LogP contribution >= 0.6 is 11.6 Å². The smallest absolute Gasteiger partial charge is 0.261 e. The van der Waals surface area contributed by atoms with Crippen molar-refractivity contribution in [3.8, 4) is 5.75 Å². The van der Waals surface area contributed by atoms with Gasteiger partial charge in [-0.2, -0.15) is 8.42 Å². The van der Waals surface area contributed by atoms with Crippen molar-refractivity contribution in [2.45, 2.75) is 0 Å². The van der Waals surface area contributed by atoms with Gasteiger partial charge in [-0.15, -0.1) is 0 Å². The van der Waals surface area contributed by atoms with E-state index in [1.807, 2.05) is 0 Å². The average molecular weight is 269 g/mol. The van der Waals surface area contributed by atoms with Crippen LogP contribution in [0.1, 0.15) is 0 Å². The second kappa shape index (κ2) is 7.45. The van der Waals surface area contributed by atoms with Gasteiger partial charge in [-0.3, -0.25) is 4.55 Å². The molecule has 0 saturated carbocycles. The Morgan fingerprint density at radius 3 is 2.12 bits per heavy atom. The molecule has 2 N–H and O–H groups in total. The molecule has 0 atom stereocenters. The van der Waals surface area contributed by atoms with Crippen LogP contribution in [0.15, 0.2) is 24.3 Å². The number of benzene rings is 1. The van der Waals surface area contributed by atoms with Gasteiger partial charge in [-0.05, 0) is 24.3 Å². The molecular formula is C9H13ClO5S. The minimum absolute atomic E-state index is 0.0304. The molecule has 0 unspecified atom stereocenters. The van der Waals surface area contributed by atoms with Crippen molar-refractivity contribution in [1.29, 1.82) is 0 Å². The maximum absolute atomic E-state index is 9.19. The highest BCUT2D eigenvalue weighted by molar-refractivity contribution is 7.85. The molecule has 1 aromatic rings. The molecular weight excluding hydrogens is 256 g/mol. The Labute approximate surface area is 99.4 Å². The average Bonchev–Trinajstić information content (AvgIpc) is 2.14. The van der Waals surface area contributed by atoms with Crippen molar-refractivity contribution in [2.24, 2.45) is 0 Å². The van der Waals surface area contributed by atoms with E-state index in [0.717, 1.165) is 5.75 Å². The Kier molecular flexibility index (Phi) is 7.07. The van der Waals surface area contributed by atoms with Crippen LogP contribution in [-0.2, 0) is 10.1 Å². The lowest BCUT2D eigenvalue weighted by molar-refractivity contribution is 0.201. The van der Waals surface area contributed by atoms with Gasteiger partial charge in [0.15, 0.2) is 0 Å². The standard InChI is InChI=1S/C8H9ClO2.CH4O3S/c9-7-1-3-8(4-2-7)11-6-5-10;1-5(2,3)4/h1-4,10H,5-6H2;1H3,(H,2,3,4). The van der Waals surface area contributed by atoms with E-state index in [9.17, 15) is 8.42 Å². The Morgan fingerprint density at radius 1 is 1.31 bits per heavy atom. The summed E-state index contributed by atoms with van der Waals surface area (Å²) in [5.41, 5.74) is 0. The normalized spacial score (nSPS) is 10.2. The van der Waals surface area contributed by atoms with E-state index in [1.54, 1.807) is 24.3 Å². The van der Waals surface area contributed by atoms with Crippen molar-refractivity contribution in [3.63, 3.8) is 0 Å². The molecule has 0 spiro atoms. The van der Waals surface area contributed by atoms with Crippen molar-refractivity contribution in [2.75, 3.05) is 19.5 Å². The second-order valence-electron chi connectivity index (χ2n) is 2.76. The summed E-state index contributed by atoms with van der Waals surface area (Å²) in [7, 11) is -3.67. The summed E-state index contributed by atoms with van der Waals surface area (Å²) in [5.74, 6) is 0.725. The van der Waals surface area contributed by atoms with Crippen molar-refractivity contribution in [1.82, 2.24) is 0 Å². The van der Waals surface area contributed by atoms with E-state index in [2.05, 4.69) is 0 Å². The third-order valence-electron chi connectivity index (χ3n) is 1.17. The first-order chi connectivity index (χ1) is 7.33. The van der Waals surface area contributed by atoms with E-state index < -0.39 is 10.1 Å². The van der Waals surface area contributed by atoms with Crippen LogP contribution in [-0.4, -0.2) is 37.5 Å². The molecule has 92 valence electrons. The second-order valence-corrected chi connectivity index (χ2v) is 4.66. The fraction of sp³-hybridized carbons (Fsp3) is 0.333. The van der Waals surface area contributed by atoms with Gasteiger partial charge in [0.25, 0.3) is 10.1 Å². The lowest BCUT2D eigenvalue weighted by Crippen LogP contribution is -2.00. The molecule has 0 saturated heterocycles. The van der Waals surface area contributed by atoms with Crippen molar-refractivity contribution >= 4 is 21.7 Å². The predicted molar refractivity (Wildman–Crippen MR) is 61.5 cm³/mol. The molecule has 7 heteroatoms. The summed E-state index contributed by atoms with van der Waals surface area (Å²) >= 11 is 5.64. The number of hydrogen-bond donors (Lipinski definition) is 2. The SMILES string of the molecule is CS(=O)(=O)O.OCCOc1ccc(Cl)cc1. The highest BCUT2D eigenvalue weighted by Gasteiger charge is 1.91. The topological polar surface area (TPSA) is 83.8 Å². The molecule has 16 heavy (non-hydrogen) atoms. The molecule has 0 radical (unpaired) electrons. The van der Waals surface area contributed by atoms with Crippen LogP contribution in [0.4, 0.5) is 0 Å². The Bertz CT molecular complexity index is 379. The summed E-state index contributed by atoms with van der Waals surface area (Å²) in [5, 5.41) is 9.11.